The zero-order chi connectivity index (χ0) is 41.1. The van der Waals surface area contributed by atoms with Crippen molar-refractivity contribution in [2.45, 2.75) is 9.79 Å². The minimum absolute atomic E-state index is 0.0603. The predicted molar refractivity (Wildman–Crippen MR) is 218 cm³/mol. The Kier molecular flexibility index (Phi) is 9.37. The molecule has 0 aliphatic carbocycles. The van der Waals surface area contributed by atoms with Crippen molar-refractivity contribution in [2.24, 2.45) is 0 Å². The first kappa shape index (κ1) is 37.9. The van der Waals surface area contributed by atoms with Crippen LogP contribution in [-0.2, 0) is 38.1 Å². The summed E-state index contributed by atoms with van der Waals surface area (Å²) in [6.07, 6.45) is 3.98. The van der Waals surface area contributed by atoms with E-state index in [4.69, 9.17) is 39.0 Å². The number of H-pyrrole nitrogens is 2. The van der Waals surface area contributed by atoms with Gasteiger partial charge < -0.3 is 5.11 Å². The van der Waals surface area contributed by atoms with Crippen LogP contribution in [0.5, 0.6) is 5.75 Å². The molecular formula is C41H25N8O7S2Zn-. The molecule has 0 unspecified atom stereocenters. The average molecular weight is 871 g/mol. The fourth-order valence-corrected chi connectivity index (χ4v) is 8.38. The zero-order valence-electron chi connectivity index (χ0n) is 30.2. The van der Waals surface area contributed by atoms with Crippen LogP contribution in [0.25, 0.3) is 95.8 Å². The first-order chi connectivity index (χ1) is 28.3. The van der Waals surface area contributed by atoms with E-state index in [-0.39, 0.29) is 16.5 Å². The number of aromatic hydroxyl groups is 1. The molecule has 59 heavy (non-hydrogen) atoms. The summed E-state index contributed by atoms with van der Waals surface area (Å²) in [6, 6.07) is 32.6. The Hall–Kier alpha value is -6.69. The van der Waals surface area contributed by atoms with Gasteiger partial charge in [0.05, 0.1) is 4.90 Å². The fourth-order valence-electron chi connectivity index (χ4n) is 6.75. The van der Waals surface area contributed by atoms with E-state index in [9.17, 15) is 21.9 Å². The monoisotopic (exact) mass is 869 g/mol. The van der Waals surface area contributed by atoms with Gasteiger partial charge in [-0.2, -0.15) is 16.8 Å². The van der Waals surface area contributed by atoms with Gasteiger partial charge in [0.1, 0.15) is 10.6 Å². The van der Waals surface area contributed by atoms with E-state index in [0.717, 1.165) is 68.6 Å². The molecule has 0 spiro atoms. The van der Waals surface area contributed by atoms with Crippen LogP contribution in [-0.4, -0.2) is 75.5 Å². The van der Waals surface area contributed by atoms with Gasteiger partial charge in [0.15, 0.2) is 0 Å². The van der Waals surface area contributed by atoms with Crippen LogP contribution in [0.2, 0.25) is 0 Å². The first-order valence-corrected chi connectivity index (χ1v) is 22.2. The maximum absolute atomic E-state index is 11.2. The number of hydrogen-bond donors (Lipinski definition) is 5. The molecular weight excluding hydrogens is 846 g/mol. The molecule has 0 saturated heterocycles. The number of aromatic nitrogens is 8. The molecule has 5 heterocycles. The van der Waals surface area contributed by atoms with Crippen molar-refractivity contribution in [2.75, 3.05) is 0 Å². The van der Waals surface area contributed by atoms with Gasteiger partial charge in [-0.05, 0) is 29.7 Å². The third-order valence-electron chi connectivity index (χ3n) is 9.38. The molecule has 0 amide bonds. The summed E-state index contributed by atoms with van der Waals surface area (Å²) >= 11 is 1.05. The Morgan fingerprint density at radius 1 is 0.576 bits per heavy atom. The van der Waals surface area contributed by atoms with Gasteiger partial charge in [0.25, 0.3) is 20.2 Å². The molecule has 8 aromatic rings. The average Bonchev–Trinajstić information content (AvgIpc) is 3.96. The number of nitrogens with zero attached hydrogens (tertiary/aromatic N) is 6. The summed E-state index contributed by atoms with van der Waals surface area (Å²) in [5.74, 6) is 2.06. The Morgan fingerprint density at radius 2 is 1.10 bits per heavy atom. The van der Waals surface area contributed by atoms with Gasteiger partial charge in [-0.3, -0.25) is 9.11 Å². The van der Waals surface area contributed by atoms with E-state index in [1.165, 1.54) is 12.1 Å². The van der Waals surface area contributed by atoms with E-state index in [2.05, 4.69) is 20.6 Å². The van der Waals surface area contributed by atoms with Crippen molar-refractivity contribution in [1.29, 1.82) is 0 Å². The molecule has 0 radical (unpaired) electrons. The molecule has 2 aliphatic heterocycles. The number of fused-ring (bicyclic) bond motifs is 18. The molecule has 15 nitrogen and oxygen atoms in total. The number of hydrogen-bond acceptors (Lipinski definition) is 11. The first-order valence-electron chi connectivity index (χ1n) is 17.6. The number of rotatable bonds is 4. The third kappa shape index (κ3) is 7.24. The van der Waals surface area contributed by atoms with Gasteiger partial charge in [0, 0.05) is 10.8 Å². The molecule has 8 bridgehead atoms. The second-order valence-electron chi connectivity index (χ2n) is 13.2. The van der Waals surface area contributed by atoms with Crippen molar-refractivity contribution >= 4 is 75.1 Å². The quantitative estimate of drug-likeness (QED) is 0.0687. The van der Waals surface area contributed by atoms with Crippen LogP contribution in [0.4, 0.5) is 0 Å². The summed E-state index contributed by atoms with van der Waals surface area (Å²) in [5.41, 5.74) is 6.95. The van der Waals surface area contributed by atoms with E-state index in [1.54, 1.807) is 0 Å². The standard InChI is InChI=1S/C31H17N8.C10H8O7S2.Zn/c1-2-9-17-16-24-32-25(17)34-27-20-12-5-6-13-21(20)29(36-27)38-31-23-15-8-7-14-22(23)30(39-31)37-28-19-11-4-3-10-18(19)26(33-24)35-28;11-7-2-1-6-3-8(18(12,13)14)5-10(9(6)4-7)19(15,16)17;/h1-15H,(H2,32,33,34,35,36,37,38,39);1-5,11H,(H,12,13,14)(H,15,16,17);/q-1;;/b9-2-;;. The zero-order valence-corrected chi connectivity index (χ0v) is 34.8. The second kappa shape index (κ2) is 14.6. The van der Waals surface area contributed by atoms with Gasteiger partial charge in [-0.15, -0.1) is 0 Å². The normalized spacial score (nSPS) is 12.3. The summed E-state index contributed by atoms with van der Waals surface area (Å²) in [4.78, 5) is 34.9. The molecule has 18 heteroatoms. The molecule has 2 aliphatic rings. The molecule has 0 fully saturated rings. The SMILES string of the molecule is O=S(=O)(O)c1cc(S(=O)(=O)O)c2cc(O)ccc2c1.[Zn]=[CH]/C=C\c1[c-]c2nc3nc(nc4[nH]c(nc5nc(nc1[nH]2)-c1ccccc1-5)c1ccccc41)-c1ccccc1-3. The number of nitrogens with one attached hydrogen (secondary N) is 2. The van der Waals surface area contributed by atoms with Gasteiger partial charge in [-0.1, -0.05) is 30.3 Å². The molecule has 5 aromatic carbocycles. The topological polar surface area (TPSA) is 238 Å². The van der Waals surface area contributed by atoms with E-state index < -0.39 is 30.0 Å². The maximum atomic E-state index is 11.2. The summed E-state index contributed by atoms with van der Waals surface area (Å²) < 4.78 is 64.7. The Morgan fingerprint density at radius 3 is 1.63 bits per heavy atom. The number of aromatic amines is 2. The summed E-state index contributed by atoms with van der Waals surface area (Å²) in [6.45, 7) is 0. The summed E-state index contributed by atoms with van der Waals surface area (Å²) in [7, 11) is -9.34. The van der Waals surface area contributed by atoms with Crippen molar-refractivity contribution in [3.63, 3.8) is 0 Å². The predicted octanol–water partition coefficient (Wildman–Crippen LogP) is 6.92. The van der Waals surface area contributed by atoms with Crippen molar-refractivity contribution in [3.8, 4) is 51.3 Å². The van der Waals surface area contributed by atoms with Crippen molar-refractivity contribution < 1.29 is 48.9 Å². The Labute approximate surface area is 344 Å². The van der Waals surface area contributed by atoms with Crippen molar-refractivity contribution in [1.82, 2.24) is 39.9 Å². The van der Waals surface area contributed by atoms with Gasteiger partial charge in [0.2, 0.25) is 0 Å². The molecule has 286 valence electrons. The number of phenols is 1. The van der Waals surface area contributed by atoms with Crippen LogP contribution < -0.4 is 0 Å². The van der Waals surface area contributed by atoms with Crippen LogP contribution in [0, 0.1) is 6.07 Å². The van der Waals surface area contributed by atoms with E-state index >= 15 is 0 Å². The number of phenolic OH excluding ortho intramolecular Hbond substituents is 1. The van der Waals surface area contributed by atoms with Gasteiger partial charge >= 0.3 is 208 Å². The van der Waals surface area contributed by atoms with Crippen LogP contribution in [0.1, 0.15) is 5.56 Å². The molecule has 3 aromatic heterocycles. The molecule has 5 N–H and O–H groups in total. The third-order valence-corrected chi connectivity index (χ3v) is 11.7. The second-order valence-corrected chi connectivity index (χ2v) is 17.0. The van der Waals surface area contributed by atoms with E-state index in [0.29, 0.717) is 52.0 Å². The van der Waals surface area contributed by atoms with Crippen LogP contribution >= 0.6 is 0 Å². The number of allylic oxidation sites excluding steroid dienone is 1. The Bertz CT molecular complexity index is 3520. The van der Waals surface area contributed by atoms with Crippen molar-refractivity contribution in [3.05, 3.63) is 121 Å². The molecule has 10 rings (SSSR count). The fraction of sp³-hybridized carbons (Fsp3) is 0. The molecule has 0 atom stereocenters. The molecule has 0 saturated carbocycles. The van der Waals surface area contributed by atoms with Crippen LogP contribution in [0.15, 0.2) is 119 Å². The van der Waals surface area contributed by atoms with Crippen LogP contribution in [0.3, 0.4) is 0 Å². The van der Waals surface area contributed by atoms with Gasteiger partial charge in [-0.25, -0.2) is 0 Å². The Balaban J connectivity index is 0.000000199. The van der Waals surface area contributed by atoms with E-state index in [1.807, 2.05) is 84.9 Å². The summed E-state index contributed by atoms with van der Waals surface area (Å²) in [5, 5.41) is 11.3. The number of benzene rings is 5. The minimum atomic E-state index is -4.72.